The average Bonchev–Trinajstić information content (AvgIpc) is 3.01. The number of hydrogen-bond acceptors (Lipinski definition) is 3. The van der Waals surface area contributed by atoms with Gasteiger partial charge in [0.05, 0.1) is 23.7 Å². The molecule has 0 atom stereocenters. The highest BCUT2D eigenvalue weighted by Gasteiger charge is 2.36. The van der Waals surface area contributed by atoms with E-state index in [-0.39, 0.29) is 17.5 Å². The molecule has 0 aliphatic heterocycles. The Kier molecular flexibility index (Phi) is 3.68. The van der Waals surface area contributed by atoms with E-state index in [0.29, 0.717) is 21.6 Å². The van der Waals surface area contributed by atoms with Crippen molar-refractivity contribution in [2.75, 3.05) is 0 Å². The first kappa shape index (κ1) is 15.6. The van der Waals surface area contributed by atoms with E-state index in [4.69, 9.17) is 9.78 Å². The number of nitriles is 1. The van der Waals surface area contributed by atoms with Gasteiger partial charge in [0.25, 0.3) is 0 Å². The summed E-state index contributed by atoms with van der Waals surface area (Å²) in [6, 6.07) is 7.41. The Bertz CT molecular complexity index is 934. The maximum atomic E-state index is 13.3. The summed E-state index contributed by atoms with van der Waals surface area (Å²) in [4.78, 5) is 0. The Morgan fingerprint density at radius 1 is 1.35 bits per heavy atom. The minimum Gasteiger partial charge on any atom is -0.358 e. The van der Waals surface area contributed by atoms with Gasteiger partial charge in [0.15, 0.2) is 5.76 Å². The second-order valence-corrected chi connectivity index (χ2v) is 5.83. The molecule has 0 unspecified atom stereocenters. The molecule has 8 heteroatoms. The van der Waals surface area contributed by atoms with Crippen LogP contribution in [0.15, 0.2) is 33.4 Å². The summed E-state index contributed by atoms with van der Waals surface area (Å²) in [5.74, 6) is 0.510. The molecule has 0 radical (unpaired) electrons. The first-order valence-electron chi connectivity index (χ1n) is 6.52. The summed E-state index contributed by atoms with van der Waals surface area (Å²) >= 11 is 3.16. The third-order valence-electron chi connectivity index (χ3n) is 3.54. The van der Waals surface area contributed by atoms with Crippen LogP contribution in [0.1, 0.15) is 22.6 Å². The van der Waals surface area contributed by atoms with Gasteiger partial charge in [0.1, 0.15) is 4.60 Å². The van der Waals surface area contributed by atoms with Gasteiger partial charge in [-0.3, -0.25) is 0 Å². The van der Waals surface area contributed by atoms with Crippen LogP contribution < -0.4 is 0 Å². The fraction of sp³-hybridized carbons (Fsp3) is 0.200. The van der Waals surface area contributed by atoms with Crippen molar-refractivity contribution >= 4 is 26.8 Å². The third kappa shape index (κ3) is 2.72. The van der Waals surface area contributed by atoms with Crippen LogP contribution in [0.2, 0.25) is 0 Å². The SMILES string of the molecule is Cc1cc2c(C(F)(F)F)c(C#N)ccc2n1Cc1cc(Br)no1. The van der Waals surface area contributed by atoms with Crippen LogP contribution >= 0.6 is 15.9 Å². The molecule has 1 aromatic carbocycles. The van der Waals surface area contributed by atoms with E-state index in [9.17, 15) is 13.2 Å². The zero-order valence-electron chi connectivity index (χ0n) is 11.8. The number of benzene rings is 1. The largest absolute Gasteiger partial charge is 0.418 e. The van der Waals surface area contributed by atoms with Crippen molar-refractivity contribution in [2.24, 2.45) is 0 Å². The van der Waals surface area contributed by atoms with Crippen molar-refractivity contribution in [1.82, 2.24) is 9.72 Å². The van der Waals surface area contributed by atoms with Crippen LogP contribution in [-0.4, -0.2) is 9.72 Å². The Hall–Kier alpha value is -2.27. The monoisotopic (exact) mass is 383 g/mol. The second-order valence-electron chi connectivity index (χ2n) is 5.02. The molecule has 0 spiro atoms. The molecule has 0 bridgehead atoms. The molecule has 0 saturated carbocycles. The Labute approximate surface area is 137 Å². The highest BCUT2D eigenvalue weighted by atomic mass is 79.9. The van der Waals surface area contributed by atoms with E-state index in [2.05, 4.69) is 21.1 Å². The fourth-order valence-electron chi connectivity index (χ4n) is 2.59. The first-order chi connectivity index (χ1) is 10.8. The van der Waals surface area contributed by atoms with Crippen molar-refractivity contribution in [3.63, 3.8) is 0 Å². The fourth-order valence-corrected chi connectivity index (χ4v) is 2.92. The van der Waals surface area contributed by atoms with E-state index in [1.54, 1.807) is 23.6 Å². The van der Waals surface area contributed by atoms with E-state index in [0.717, 1.165) is 0 Å². The number of aryl methyl sites for hydroxylation is 1. The number of alkyl halides is 3. The normalized spacial score (nSPS) is 11.8. The predicted molar refractivity (Wildman–Crippen MR) is 79.7 cm³/mol. The molecular weight excluding hydrogens is 375 g/mol. The molecule has 2 aromatic heterocycles. The van der Waals surface area contributed by atoms with Gasteiger partial charge in [-0.25, -0.2) is 0 Å². The topological polar surface area (TPSA) is 54.8 Å². The lowest BCUT2D eigenvalue weighted by Crippen LogP contribution is -2.09. The van der Waals surface area contributed by atoms with Gasteiger partial charge in [-0.15, -0.1) is 0 Å². The average molecular weight is 384 g/mol. The molecule has 23 heavy (non-hydrogen) atoms. The van der Waals surface area contributed by atoms with Gasteiger partial charge in [-0.2, -0.15) is 18.4 Å². The van der Waals surface area contributed by atoms with Crippen LogP contribution in [-0.2, 0) is 12.7 Å². The Balaban J connectivity index is 2.22. The van der Waals surface area contributed by atoms with Crippen LogP contribution in [0, 0.1) is 18.3 Å². The van der Waals surface area contributed by atoms with Gasteiger partial charge in [0, 0.05) is 22.7 Å². The maximum Gasteiger partial charge on any atom is 0.418 e. The summed E-state index contributed by atoms with van der Waals surface area (Å²) < 4.78 is 47.3. The van der Waals surface area contributed by atoms with E-state index in [1.165, 1.54) is 18.2 Å². The van der Waals surface area contributed by atoms with Crippen molar-refractivity contribution in [3.8, 4) is 6.07 Å². The highest BCUT2D eigenvalue weighted by Crippen LogP contribution is 2.38. The molecule has 0 amide bonds. The van der Waals surface area contributed by atoms with Crippen molar-refractivity contribution < 1.29 is 17.7 Å². The highest BCUT2D eigenvalue weighted by molar-refractivity contribution is 9.10. The Morgan fingerprint density at radius 3 is 2.65 bits per heavy atom. The van der Waals surface area contributed by atoms with Crippen molar-refractivity contribution in [3.05, 3.63) is 51.4 Å². The van der Waals surface area contributed by atoms with E-state index >= 15 is 0 Å². The molecule has 3 aromatic rings. The summed E-state index contributed by atoms with van der Waals surface area (Å²) in [5.41, 5.74) is -0.267. The smallest absolute Gasteiger partial charge is 0.358 e. The van der Waals surface area contributed by atoms with Crippen molar-refractivity contribution in [2.45, 2.75) is 19.6 Å². The third-order valence-corrected chi connectivity index (χ3v) is 3.91. The van der Waals surface area contributed by atoms with Crippen molar-refractivity contribution in [1.29, 1.82) is 5.26 Å². The molecule has 0 N–H and O–H groups in total. The zero-order valence-corrected chi connectivity index (χ0v) is 13.4. The minimum absolute atomic E-state index is 0.00707. The second kappa shape index (κ2) is 5.42. The van der Waals surface area contributed by atoms with Crippen LogP contribution in [0.5, 0.6) is 0 Å². The van der Waals surface area contributed by atoms with Gasteiger partial charge < -0.3 is 9.09 Å². The maximum absolute atomic E-state index is 13.3. The van der Waals surface area contributed by atoms with Gasteiger partial charge in [0.2, 0.25) is 0 Å². The molecule has 4 nitrogen and oxygen atoms in total. The number of halogens is 4. The lowest BCUT2D eigenvalue weighted by molar-refractivity contribution is -0.136. The number of nitrogens with zero attached hydrogens (tertiary/aromatic N) is 3. The molecule has 0 aliphatic rings. The molecule has 2 heterocycles. The van der Waals surface area contributed by atoms with Gasteiger partial charge in [-0.05, 0) is 41.1 Å². The summed E-state index contributed by atoms with van der Waals surface area (Å²) in [7, 11) is 0. The first-order valence-corrected chi connectivity index (χ1v) is 7.32. The summed E-state index contributed by atoms with van der Waals surface area (Å²) in [5, 5.41) is 12.7. The quantitative estimate of drug-likeness (QED) is 0.647. The number of fused-ring (bicyclic) bond motifs is 1. The minimum atomic E-state index is -4.60. The Morgan fingerprint density at radius 2 is 2.09 bits per heavy atom. The van der Waals surface area contributed by atoms with Gasteiger partial charge in [-0.1, -0.05) is 5.16 Å². The van der Waals surface area contributed by atoms with Gasteiger partial charge >= 0.3 is 6.18 Å². The van der Waals surface area contributed by atoms with Crippen LogP contribution in [0.4, 0.5) is 13.2 Å². The number of hydrogen-bond donors (Lipinski definition) is 0. The van der Waals surface area contributed by atoms with E-state index in [1.807, 2.05) is 0 Å². The zero-order chi connectivity index (χ0) is 16.8. The number of rotatable bonds is 2. The van der Waals surface area contributed by atoms with E-state index < -0.39 is 11.7 Å². The molecule has 3 rings (SSSR count). The predicted octanol–water partition coefficient (Wildman–Crippen LogP) is 4.64. The molecule has 0 aliphatic carbocycles. The molecule has 0 saturated heterocycles. The number of aromatic nitrogens is 2. The summed E-state index contributed by atoms with van der Waals surface area (Å²) in [6.07, 6.45) is -4.60. The molecular formula is C15H9BrF3N3O. The standard InChI is InChI=1S/C15H9BrF3N3O/c1-8-4-11-12(22(8)7-10-5-13(16)21-23-10)3-2-9(6-20)14(11)15(17,18)19/h2-5H,7H2,1H3. The molecule has 118 valence electrons. The van der Waals surface area contributed by atoms with Crippen LogP contribution in [0.3, 0.4) is 0 Å². The molecule has 0 fully saturated rings. The van der Waals surface area contributed by atoms with Crippen LogP contribution in [0.25, 0.3) is 10.9 Å². The lowest BCUT2D eigenvalue weighted by Gasteiger charge is -2.11. The lowest BCUT2D eigenvalue weighted by atomic mass is 10.0. The summed E-state index contributed by atoms with van der Waals surface area (Å²) in [6.45, 7) is 1.95.